The van der Waals surface area contributed by atoms with Crippen molar-refractivity contribution in [3.63, 3.8) is 0 Å². The topological polar surface area (TPSA) is 18.5 Å². The highest BCUT2D eigenvalue weighted by atomic mass is 79.9. The van der Waals surface area contributed by atoms with E-state index in [0.29, 0.717) is 6.61 Å². The molecule has 3 aromatic rings. The van der Waals surface area contributed by atoms with Crippen molar-refractivity contribution in [1.29, 1.82) is 0 Å². The molecule has 0 amide bonds. The number of para-hydroxylation sites is 1. The van der Waals surface area contributed by atoms with Gasteiger partial charge in [-0.25, -0.2) is 0 Å². The fourth-order valence-electron chi connectivity index (χ4n) is 2.73. The van der Waals surface area contributed by atoms with Crippen LogP contribution in [-0.4, -0.2) is 13.7 Å². The van der Waals surface area contributed by atoms with Gasteiger partial charge < -0.3 is 9.47 Å². The molecule has 0 heterocycles. The average Bonchev–Trinajstić information content (AvgIpc) is 2.67. The lowest BCUT2D eigenvalue weighted by molar-refractivity contribution is 0.366. The van der Waals surface area contributed by atoms with Crippen molar-refractivity contribution in [2.24, 2.45) is 0 Å². The van der Waals surface area contributed by atoms with Gasteiger partial charge in [0.15, 0.2) is 0 Å². The Hall–Kier alpha value is -2.52. The highest BCUT2D eigenvalue weighted by molar-refractivity contribution is 9.10. The molecule has 126 valence electrons. The van der Waals surface area contributed by atoms with Crippen LogP contribution in [0.25, 0.3) is 22.3 Å². The molecule has 3 heteroatoms. The molecule has 2 nitrogen and oxygen atoms in total. The summed E-state index contributed by atoms with van der Waals surface area (Å²) in [5.41, 5.74) is 4.20. The minimum Gasteiger partial charge on any atom is -0.497 e. The van der Waals surface area contributed by atoms with E-state index in [9.17, 15) is 0 Å². The maximum atomic E-state index is 6.08. The molecule has 0 spiro atoms. The fourth-order valence-corrected chi connectivity index (χ4v) is 3.19. The summed E-state index contributed by atoms with van der Waals surface area (Å²) in [6.45, 7) is 4.21. The number of hydrogen-bond donors (Lipinski definition) is 0. The van der Waals surface area contributed by atoms with Crippen LogP contribution in [0.2, 0.25) is 0 Å². The molecule has 0 saturated carbocycles. The minimum atomic E-state index is 0.443. The van der Waals surface area contributed by atoms with Crippen LogP contribution in [-0.2, 0) is 0 Å². The van der Waals surface area contributed by atoms with Gasteiger partial charge in [0.05, 0.1) is 7.11 Å². The number of benzene rings is 3. The van der Waals surface area contributed by atoms with E-state index in [-0.39, 0.29) is 0 Å². The molecule has 0 N–H and O–H groups in total. The Morgan fingerprint density at radius 2 is 1.68 bits per heavy atom. The maximum Gasteiger partial charge on any atom is 0.135 e. The lowest BCUT2D eigenvalue weighted by Gasteiger charge is -2.17. The summed E-state index contributed by atoms with van der Waals surface area (Å²) in [6, 6.07) is 22.3. The van der Waals surface area contributed by atoms with Crippen LogP contribution in [0.1, 0.15) is 0 Å². The van der Waals surface area contributed by atoms with Gasteiger partial charge >= 0.3 is 0 Å². The molecule has 0 aliphatic heterocycles. The molecule has 25 heavy (non-hydrogen) atoms. The average molecular weight is 395 g/mol. The number of hydrogen-bond acceptors (Lipinski definition) is 2. The summed E-state index contributed by atoms with van der Waals surface area (Å²) in [6.07, 6.45) is 1.76. The molecule has 0 fully saturated rings. The molecule has 0 unspecified atom stereocenters. The molecule has 0 aliphatic carbocycles. The fraction of sp³-hybridized carbons (Fsp3) is 0.0909. The van der Waals surface area contributed by atoms with Gasteiger partial charge in [-0.3, -0.25) is 0 Å². The number of ether oxygens (including phenoxy) is 2. The van der Waals surface area contributed by atoms with Crippen LogP contribution in [0.15, 0.2) is 83.9 Å². The zero-order valence-corrected chi connectivity index (χ0v) is 15.6. The molecule has 0 radical (unpaired) electrons. The van der Waals surface area contributed by atoms with Crippen molar-refractivity contribution in [3.05, 3.63) is 83.9 Å². The monoisotopic (exact) mass is 394 g/mol. The van der Waals surface area contributed by atoms with Gasteiger partial charge in [0.2, 0.25) is 0 Å². The van der Waals surface area contributed by atoms with Gasteiger partial charge in [-0.1, -0.05) is 77.1 Å². The first-order valence-corrected chi connectivity index (χ1v) is 8.80. The molecular formula is C22H19BrO2. The second-order valence-corrected chi connectivity index (χ2v) is 6.35. The predicted octanol–water partition coefficient (Wildman–Crippen LogP) is 6.36. The summed E-state index contributed by atoms with van der Waals surface area (Å²) in [5.74, 6) is 1.64. The third-order valence-electron chi connectivity index (χ3n) is 3.91. The highest BCUT2D eigenvalue weighted by Crippen LogP contribution is 2.42. The van der Waals surface area contributed by atoms with E-state index < -0.39 is 0 Å². The molecule has 3 rings (SSSR count). The van der Waals surface area contributed by atoms with Crippen LogP contribution >= 0.6 is 15.9 Å². The Morgan fingerprint density at radius 3 is 2.40 bits per heavy atom. The SMILES string of the molecule is C=CCOc1c(-c2ccccc2)cccc1-c1cc(OC)ccc1Br. The normalized spacial score (nSPS) is 10.3. The van der Waals surface area contributed by atoms with Crippen LogP contribution < -0.4 is 9.47 Å². The Morgan fingerprint density at radius 1 is 0.920 bits per heavy atom. The van der Waals surface area contributed by atoms with Crippen molar-refractivity contribution >= 4 is 15.9 Å². The van der Waals surface area contributed by atoms with Crippen molar-refractivity contribution in [2.75, 3.05) is 13.7 Å². The predicted molar refractivity (Wildman–Crippen MR) is 107 cm³/mol. The second-order valence-electron chi connectivity index (χ2n) is 5.49. The van der Waals surface area contributed by atoms with E-state index in [4.69, 9.17) is 9.47 Å². The van der Waals surface area contributed by atoms with Crippen molar-refractivity contribution in [1.82, 2.24) is 0 Å². The quantitative estimate of drug-likeness (QED) is 0.453. The van der Waals surface area contributed by atoms with E-state index in [0.717, 1.165) is 38.2 Å². The van der Waals surface area contributed by atoms with Gasteiger partial charge in [0, 0.05) is 21.2 Å². The summed E-state index contributed by atoms with van der Waals surface area (Å²) in [5, 5.41) is 0. The summed E-state index contributed by atoms with van der Waals surface area (Å²) >= 11 is 3.65. The number of rotatable bonds is 6. The van der Waals surface area contributed by atoms with Gasteiger partial charge in [0.1, 0.15) is 18.1 Å². The molecule has 0 aliphatic rings. The summed E-state index contributed by atoms with van der Waals surface area (Å²) in [4.78, 5) is 0. The zero-order valence-electron chi connectivity index (χ0n) is 14.0. The second kappa shape index (κ2) is 8.04. The Kier molecular flexibility index (Phi) is 5.56. The van der Waals surface area contributed by atoms with Crippen LogP contribution in [0.5, 0.6) is 11.5 Å². The molecule has 3 aromatic carbocycles. The maximum absolute atomic E-state index is 6.08. The Bertz CT molecular complexity index is 872. The Balaban J connectivity index is 2.21. The molecule has 0 bridgehead atoms. The first-order valence-electron chi connectivity index (χ1n) is 8.00. The van der Waals surface area contributed by atoms with Gasteiger partial charge in [0.25, 0.3) is 0 Å². The van der Waals surface area contributed by atoms with Crippen molar-refractivity contribution in [2.45, 2.75) is 0 Å². The minimum absolute atomic E-state index is 0.443. The largest absolute Gasteiger partial charge is 0.497 e. The van der Waals surface area contributed by atoms with E-state index in [2.05, 4.69) is 46.8 Å². The Labute approximate surface area is 156 Å². The van der Waals surface area contributed by atoms with Crippen LogP contribution in [0.3, 0.4) is 0 Å². The highest BCUT2D eigenvalue weighted by Gasteiger charge is 2.15. The summed E-state index contributed by atoms with van der Waals surface area (Å²) < 4.78 is 12.5. The van der Waals surface area contributed by atoms with E-state index in [1.807, 2.05) is 42.5 Å². The van der Waals surface area contributed by atoms with Crippen molar-refractivity contribution < 1.29 is 9.47 Å². The third-order valence-corrected chi connectivity index (χ3v) is 4.60. The van der Waals surface area contributed by atoms with Gasteiger partial charge in [-0.2, -0.15) is 0 Å². The number of methoxy groups -OCH3 is 1. The van der Waals surface area contributed by atoms with E-state index >= 15 is 0 Å². The third kappa shape index (κ3) is 3.77. The molecule has 0 saturated heterocycles. The molecular weight excluding hydrogens is 376 g/mol. The first kappa shape index (κ1) is 17.3. The van der Waals surface area contributed by atoms with Crippen molar-refractivity contribution in [3.8, 4) is 33.8 Å². The first-order chi connectivity index (χ1) is 12.2. The summed E-state index contributed by atoms with van der Waals surface area (Å²) in [7, 11) is 1.67. The van der Waals surface area contributed by atoms with E-state index in [1.54, 1.807) is 13.2 Å². The standard InChI is InChI=1S/C22H19BrO2/c1-3-14-25-22-18(16-8-5-4-6-9-16)10-7-11-19(22)20-15-17(24-2)12-13-21(20)23/h3-13,15H,1,14H2,2H3. The lowest BCUT2D eigenvalue weighted by Crippen LogP contribution is -1.98. The van der Waals surface area contributed by atoms with Gasteiger partial charge in [-0.05, 0) is 23.8 Å². The molecule has 0 aromatic heterocycles. The molecule has 0 atom stereocenters. The van der Waals surface area contributed by atoms with Gasteiger partial charge in [-0.15, -0.1) is 0 Å². The van der Waals surface area contributed by atoms with Crippen LogP contribution in [0.4, 0.5) is 0 Å². The zero-order chi connectivity index (χ0) is 17.6. The van der Waals surface area contributed by atoms with E-state index in [1.165, 1.54) is 0 Å². The van der Waals surface area contributed by atoms with Crippen LogP contribution in [0, 0.1) is 0 Å². The lowest BCUT2D eigenvalue weighted by atomic mass is 9.97. The smallest absolute Gasteiger partial charge is 0.135 e. The number of halogens is 1.